The molecule has 20 N–H and O–H groups in total. The number of hydrogen-bond donors (Lipinski definition) is 18. The lowest BCUT2D eigenvalue weighted by atomic mass is 10.0. The number of amides is 17. The van der Waals surface area contributed by atoms with Crippen molar-refractivity contribution < 1.29 is 96.8 Å². The second-order valence-electron chi connectivity index (χ2n) is 35.1. The number of phenolic OH excluding ortho intramolecular Hbond substituents is 1. The Morgan fingerprint density at radius 2 is 1.13 bits per heavy atom. The van der Waals surface area contributed by atoms with Crippen LogP contribution in [0.5, 0.6) is 5.75 Å². The van der Waals surface area contributed by atoms with Gasteiger partial charge in [-0.2, -0.15) is 0 Å². The summed E-state index contributed by atoms with van der Waals surface area (Å²) in [4.78, 5) is 266. The quantitative estimate of drug-likeness (QED) is 0.0205. The molecule has 6 heterocycles. The van der Waals surface area contributed by atoms with E-state index < -0.39 is 216 Å². The summed E-state index contributed by atoms with van der Waals surface area (Å²) in [6.45, 7) is 8.66. The Kier molecular flexibility index (Phi) is 40.4. The van der Waals surface area contributed by atoms with E-state index in [1.807, 2.05) is 62.4 Å². The molecular formula is C94H128N22O20S. The topological polar surface area (TPSA) is 613 Å². The zero-order valence-corrected chi connectivity index (χ0v) is 79.2. The van der Waals surface area contributed by atoms with Gasteiger partial charge >= 0.3 is 0 Å². The van der Waals surface area contributed by atoms with Crippen molar-refractivity contribution in [3.05, 3.63) is 150 Å². The SMILES string of the molecule is CCCC[C@@H](C(=O)N(C)[C@@H](CCCC)C(=O)N[C@@H](Cc1ccccn1)C(=O)N[C@@H](CSCC(=O)N[C@@H](Cc1ccc(O)cc1)C(=O)N(C)[C@@H](C)C(=O)NC(CC(N)=O)C(=O)N1CCC[C@H]1C(=O)N[C@@H](Cc1cnc[nH]1)C(=O)N[C@@H](CC(C)C)C(=O)N1C[C@H](O)CC1C(=O)N[C@@H](Cc1c[nH]c2ccccc12)C(=O)N[C@H](C)CO)C(=O)NCC(N)=O)N(C)C(=O)[C@H](Cc1c[nH]c2ccccc12)NC=O. The van der Waals surface area contributed by atoms with Crippen LogP contribution in [0.25, 0.3) is 21.8 Å². The highest BCUT2D eigenvalue weighted by Crippen LogP contribution is 2.28. The van der Waals surface area contributed by atoms with E-state index >= 15 is 4.79 Å². The molecule has 9 rings (SSSR count). The van der Waals surface area contributed by atoms with Crippen LogP contribution in [-0.2, 0) is 114 Å². The number of H-pyrrole nitrogens is 3. The Morgan fingerprint density at radius 3 is 1.72 bits per heavy atom. The molecule has 4 aromatic heterocycles. The van der Waals surface area contributed by atoms with Gasteiger partial charge in [0, 0.05) is 143 Å². The number of aromatic hydroxyl groups is 1. The van der Waals surface area contributed by atoms with E-state index in [0.29, 0.717) is 54.6 Å². The number of aliphatic hydroxyl groups excluding tert-OH is 2. The number of likely N-dealkylation sites (N-methyl/N-ethyl adjacent to an activating group) is 3. The summed E-state index contributed by atoms with van der Waals surface area (Å²) >= 11 is 0.784. The van der Waals surface area contributed by atoms with Crippen molar-refractivity contribution in [2.75, 3.05) is 58.9 Å². The molecule has 2 unspecified atom stereocenters. The van der Waals surface area contributed by atoms with Gasteiger partial charge < -0.3 is 119 Å². The molecule has 2 aliphatic heterocycles. The highest BCUT2D eigenvalue weighted by atomic mass is 32.2. The van der Waals surface area contributed by atoms with Crippen LogP contribution in [-0.4, -0.2) is 315 Å². The number of carbonyl (C=O) groups excluding carboxylic acids is 17. The molecular weight excluding hydrogens is 1790 g/mol. The van der Waals surface area contributed by atoms with Crippen LogP contribution in [0.15, 0.2) is 122 Å². The number of hydrogen-bond acceptors (Lipinski definition) is 23. The third-order valence-electron chi connectivity index (χ3n) is 24.3. The maximum Gasteiger partial charge on any atom is 0.246 e. The first-order valence-corrected chi connectivity index (χ1v) is 47.1. The predicted octanol–water partition coefficient (Wildman–Crippen LogP) is -0.918. The number of thioether (sulfide) groups is 1. The van der Waals surface area contributed by atoms with Gasteiger partial charge in [0.15, 0.2) is 0 Å². The lowest BCUT2D eigenvalue weighted by molar-refractivity contribution is -0.149. The third kappa shape index (κ3) is 30.3. The van der Waals surface area contributed by atoms with Crippen molar-refractivity contribution in [1.29, 1.82) is 0 Å². The summed E-state index contributed by atoms with van der Waals surface area (Å²) in [6.07, 6.45) is 7.61. The molecule has 0 spiro atoms. The van der Waals surface area contributed by atoms with E-state index in [0.717, 1.165) is 53.8 Å². The molecule has 7 aromatic rings. The van der Waals surface area contributed by atoms with Gasteiger partial charge in [0.1, 0.15) is 84.3 Å². The average molecular weight is 1920 g/mol. The Morgan fingerprint density at radius 1 is 0.569 bits per heavy atom. The number of nitrogens with zero attached hydrogens (tertiary/aromatic N) is 7. The number of aromatic nitrogens is 5. The molecule has 3 aromatic carbocycles. The molecule has 740 valence electrons. The number of imidazole rings is 1. The van der Waals surface area contributed by atoms with Crippen LogP contribution in [0.3, 0.4) is 0 Å². The number of rotatable bonds is 53. The Hall–Kier alpha value is -13.8. The highest BCUT2D eigenvalue weighted by Gasteiger charge is 2.46. The Balaban J connectivity index is 0.864. The molecule has 2 aliphatic rings. The third-order valence-corrected chi connectivity index (χ3v) is 25.3. The number of unbranched alkanes of at least 4 members (excludes halogenated alkanes) is 2. The summed E-state index contributed by atoms with van der Waals surface area (Å²) in [5.41, 5.74) is 15.2. The Bertz CT molecular complexity index is 5350. The summed E-state index contributed by atoms with van der Waals surface area (Å²) in [5, 5.41) is 59.4. The van der Waals surface area contributed by atoms with E-state index in [-0.39, 0.29) is 95.4 Å². The molecule has 43 heteroatoms. The van der Waals surface area contributed by atoms with E-state index in [4.69, 9.17) is 11.5 Å². The van der Waals surface area contributed by atoms with Crippen LogP contribution >= 0.6 is 11.8 Å². The molecule has 2 saturated heterocycles. The Labute approximate surface area is 797 Å². The maximum atomic E-state index is 15.0. The average Bonchev–Trinajstić information content (AvgIpc) is 1.67. The zero-order valence-electron chi connectivity index (χ0n) is 78.4. The fraction of sp³-hybridized carbons (Fsp3) is 0.500. The van der Waals surface area contributed by atoms with Crippen molar-refractivity contribution in [3.8, 4) is 5.75 Å². The van der Waals surface area contributed by atoms with Crippen molar-refractivity contribution in [3.63, 3.8) is 0 Å². The highest BCUT2D eigenvalue weighted by molar-refractivity contribution is 8.00. The van der Waals surface area contributed by atoms with Crippen molar-refractivity contribution in [1.82, 2.24) is 103 Å². The molecule has 2 fully saturated rings. The summed E-state index contributed by atoms with van der Waals surface area (Å²) in [6, 6.07) is 6.33. The molecule has 17 amide bonds. The summed E-state index contributed by atoms with van der Waals surface area (Å²) < 4.78 is 0. The van der Waals surface area contributed by atoms with Gasteiger partial charge in [0.2, 0.25) is 101 Å². The van der Waals surface area contributed by atoms with Gasteiger partial charge in [0.25, 0.3) is 0 Å². The monoisotopic (exact) mass is 1920 g/mol. The van der Waals surface area contributed by atoms with Gasteiger partial charge in [-0.3, -0.25) is 86.5 Å². The van der Waals surface area contributed by atoms with Crippen LogP contribution in [0, 0.1) is 5.92 Å². The molecule has 42 nitrogen and oxygen atoms in total. The largest absolute Gasteiger partial charge is 0.508 e. The van der Waals surface area contributed by atoms with Crippen LogP contribution in [0.1, 0.15) is 140 Å². The molecule has 0 saturated carbocycles. The number of primary amides is 2. The number of para-hydroxylation sites is 2. The van der Waals surface area contributed by atoms with Gasteiger partial charge in [0.05, 0.1) is 37.8 Å². The minimum atomic E-state index is -1.77. The molecule has 137 heavy (non-hydrogen) atoms. The molecule has 0 aliphatic carbocycles. The molecule has 0 bridgehead atoms. The number of nitrogens with one attached hydrogen (secondary N) is 13. The van der Waals surface area contributed by atoms with Crippen molar-refractivity contribution in [2.24, 2.45) is 17.4 Å². The molecule has 0 radical (unpaired) electrons. The minimum Gasteiger partial charge on any atom is -0.508 e. The number of aliphatic hydroxyl groups is 2. The van der Waals surface area contributed by atoms with Gasteiger partial charge in [-0.15, -0.1) is 11.8 Å². The van der Waals surface area contributed by atoms with Crippen molar-refractivity contribution in [2.45, 2.75) is 235 Å². The smallest absolute Gasteiger partial charge is 0.246 e. The van der Waals surface area contributed by atoms with E-state index in [2.05, 4.69) is 78.1 Å². The second kappa shape index (κ2) is 51.7. The van der Waals surface area contributed by atoms with E-state index in [1.54, 1.807) is 51.4 Å². The van der Waals surface area contributed by atoms with Crippen LogP contribution in [0.4, 0.5) is 0 Å². The fourth-order valence-electron chi connectivity index (χ4n) is 16.7. The van der Waals surface area contributed by atoms with Gasteiger partial charge in [-0.05, 0) is 105 Å². The summed E-state index contributed by atoms with van der Waals surface area (Å²) in [7, 11) is 4.10. The van der Waals surface area contributed by atoms with E-state index in [9.17, 15) is 92.0 Å². The lowest BCUT2D eigenvalue weighted by Gasteiger charge is -2.36. The fourth-order valence-corrected chi connectivity index (χ4v) is 17.5. The zero-order chi connectivity index (χ0) is 99.9. The van der Waals surface area contributed by atoms with Crippen molar-refractivity contribution >= 4 is 134 Å². The number of aromatic amines is 3. The number of nitrogens with two attached hydrogens (primary N) is 2. The number of benzene rings is 3. The normalized spacial score (nSPS) is 16.7. The second-order valence-corrected chi connectivity index (χ2v) is 36.2. The maximum absolute atomic E-state index is 15.0. The number of carbonyl (C=O) groups is 17. The van der Waals surface area contributed by atoms with E-state index in [1.165, 1.54) is 80.9 Å². The first kappa shape index (κ1) is 107. The predicted molar refractivity (Wildman–Crippen MR) is 505 cm³/mol. The minimum absolute atomic E-state index is 0.00396. The van der Waals surface area contributed by atoms with Crippen LogP contribution in [0.2, 0.25) is 0 Å². The number of fused-ring (bicyclic) bond motifs is 2. The standard InChI is InChI=1S/C94H128N22O20S/c1-10-12-26-75(113(8)94(136)77(27-13-11-2)114(9)90(132)70(103-52-118)38-58-44-100-66-25-17-15-23-64(58)66)87(129)107-68(39-59-21-18-19-33-98-59)86(128)111-74(83(125)101-46-80(96)122)49-137-50-81(123)105-72(36-56-29-31-61(119)32-30-56)91(133)112(7)55(6)82(124)109-73(42-79(95)121)92(134)115-34-20-28-76(115)88(130)108-69(40-60-45-97-51-102-60)85(127)110-71(35-53(3)4)93(135)116-47-62(120)41-78(116)89(131)106-67(84(126)104-54(5)48-117)37-57-43-99-65-24-16-14-22-63(57)65/h14-19,21-25,29-33,43-45,51-55,62,67-78,99-100,117,119-120H,10-13,20,26-28,34-42,46-50H2,1-9H3,(H2,95,121)(H2,96,122)(H,97,102)(H,101,125)(H,103,118)(H,104,126)(H,105,123)(H,106,131)(H,107,129)(H,108,130)(H,109,124)(H,110,127)(H,111,128)/t54-,55+,62-,67+,68+,69+,70+,71+,72+,73?,74+,75+,76+,77+,78?/m1/s1. The van der Waals surface area contributed by atoms with Crippen LogP contribution < -0.4 is 64.6 Å². The first-order chi connectivity index (χ1) is 65.4. The molecule has 15 atom stereocenters. The lowest BCUT2D eigenvalue weighted by Crippen LogP contribution is -2.60. The number of likely N-dealkylation sites (tertiary alicyclic amines) is 2. The summed E-state index contributed by atoms with van der Waals surface area (Å²) in [5.74, 6) is -14.9. The number of pyridine rings is 1. The van der Waals surface area contributed by atoms with Gasteiger partial charge in [-0.1, -0.05) is 108 Å². The number of β-amino-alcohol motifs (C(OH)–C–C–N with tert-alkyl or cyclic N) is 1. The number of phenols is 1. The van der Waals surface area contributed by atoms with Gasteiger partial charge in [-0.25, -0.2) is 4.98 Å². The first-order valence-electron chi connectivity index (χ1n) is 45.9.